The van der Waals surface area contributed by atoms with Crippen molar-refractivity contribution in [3.63, 3.8) is 0 Å². The Bertz CT molecular complexity index is 2270. The number of Topliss-reactive ketones (excluding diaryl/α,β-unsaturated/α-hetero) is 1. The van der Waals surface area contributed by atoms with Gasteiger partial charge in [0.2, 0.25) is 23.4 Å². The van der Waals surface area contributed by atoms with Crippen molar-refractivity contribution in [3.8, 4) is 0 Å². The number of allylic oxidation sites excluding steroid dienone is 4. The molecule has 1 aromatic rings. The number of hydrogen-bond acceptors (Lipinski definition) is 16. The Balaban J connectivity index is 1.19. The molecule has 5 rings (SSSR count). The highest BCUT2D eigenvalue weighted by Gasteiger charge is 2.40. The molecule has 0 spiro atoms. The summed E-state index contributed by atoms with van der Waals surface area (Å²) in [6.45, 7) is 7.47. The summed E-state index contributed by atoms with van der Waals surface area (Å²) in [6.07, 6.45) is 3.60. The van der Waals surface area contributed by atoms with E-state index in [0.29, 0.717) is 46.7 Å². The molecule has 362 valence electrons. The van der Waals surface area contributed by atoms with Crippen LogP contribution in [0.4, 0.5) is 4.79 Å². The molecule has 1 aliphatic carbocycles. The lowest BCUT2D eigenvalue weighted by atomic mass is 9.85. The summed E-state index contributed by atoms with van der Waals surface area (Å²) in [4.78, 5) is 104. The molecule has 0 saturated carbocycles. The van der Waals surface area contributed by atoms with Crippen molar-refractivity contribution in [2.24, 2.45) is 17.6 Å². The van der Waals surface area contributed by atoms with Gasteiger partial charge in [-0.05, 0) is 61.8 Å². The van der Waals surface area contributed by atoms with E-state index in [9.17, 15) is 43.5 Å². The number of hydrogen-bond donors (Lipinski definition) is 5. The van der Waals surface area contributed by atoms with Gasteiger partial charge < -0.3 is 45.3 Å². The first-order valence-corrected chi connectivity index (χ1v) is 24.4. The fourth-order valence-corrected chi connectivity index (χ4v) is 10.1. The minimum absolute atomic E-state index is 0.0638. The van der Waals surface area contributed by atoms with Gasteiger partial charge in [-0.3, -0.25) is 38.9 Å². The maximum atomic E-state index is 14.1. The van der Waals surface area contributed by atoms with Crippen molar-refractivity contribution >= 4 is 68.8 Å². The third kappa shape index (κ3) is 13.8. The van der Waals surface area contributed by atoms with E-state index < -0.39 is 71.8 Å². The Labute approximate surface area is 397 Å². The predicted molar refractivity (Wildman–Crippen MR) is 250 cm³/mol. The smallest absolute Gasteiger partial charge is 0.405 e. The van der Waals surface area contributed by atoms with E-state index in [1.165, 1.54) is 59.8 Å². The van der Waals surface area contributed by atoms with E-state index in [-0.39, 0.29) is 79.1 Å². The van der Waals surface area contributed by atoms with Crippen LogP contribution >= 0.6 is 21.6 Å². The number of benzene rings is 1. The Morgan fingerprint density at radius 2 is 1.76 bits per heavy atom. The number of methoxy groups -OCH3 is 2. The molecule has 2 bridgehead atoms. The fourth-order valence-electron chi connectivity index (χ4n) is 8.33. The molecule has 1 aromatic carbocycles. The first-order chi connectivity index (χ1) is 31.9. The zero-order chi connectivity index (χ0) is 48.9. The lowest BCUT2D eigenvalue weighted by Gasteiger charge is -2.30. The topological polar surface area (TPSA) is 259 Å². The summed E-state index contributed by atoms with van der Waals surface area (Å²) in [5.41, 5.74) is 7.95. The lowest BCUT2D eigenvalue weighted by Crippen LogP contribution is -2.52. The maximum Gasteiger partial charge on any atom is 0.405 e. The number of nitrogens with zero attached hydrogens (tertiary/aromatic N) is 1. The average molecular weight is 966 g/mol. The molecular formula is C47H59N5O13S2. The van der Waals surface area contributed by atoms with Crippen molar-refractivity contribution in [1.29, 1.82) is 0 Å². The van der Waals surface area contributed by atoms with Crippen LogP contribution in [0.5, 0.6) is 0 Å². The number of esters is 1. The number of rotatable bonds is 14. The number of primary amides is 1. The second-order valence-corrected chi connectivity index (χ2v) is 19.4. The van der Waals surface area contributed by atoms with E-state index >= 15 is 0 Å². The quantitative estimate of drug-likeness (QED) is 0.0448. The summed E-state index contributed by atoms with van der Waals surface area (Å²) in [6, 6.07) is 4.32. The van der Waals surface area contributed by atoms with Gasteiger partial charge in [0.25, 0.3) is 11.8 Å². The standard InChI is InChI=1S/C47H59N5O13S2/c1-25-19-31-40(49-15-17-66-67-18-16-64-39(55)22-29-10-8-11-30-32(29)24-52(46(30)60)34-13-14-38(54)51-45(34)59)35(53)23-33(42(31)57)50-44(58)26(2)9-7-12-36(62-5)43(65-47(48)61)28(4)21-27(3)41(56)37(20-25)63-6/h7-12,21,23,25,27,34,36-37,41,43,49,56H,13-20,22,24H2,1-6H3,(H2,48,61)(H,50,58)(H,51,54,59)/b12-7-,26-9+,28-21+/t25-,27+,34-,36+,37+,41+,43+/m1/s1. The zero-order valence-corrected chi connectivity index (χ0v) is 40.1. The molecule has 5 amide bonds. The number of fused-ring (bicyclic) bond motifs is 3. The van der Waals surface area contributed by atoms with Gasteiger partial charge in [-0.2, -0.15) is 0 Å². The number of nitrogens with one attached hydrogen (secondary N) is 3. The Kier molecular flexibility index (Phi) is 19.1. The van der Waals surface area contributed by atoms with Gasteiger partial charge in [-0.1, -0.05) is 71.9 Å². The number of ether oxygens (including phenoxy) is 4. The molecule has 67 heavy (non-hydrogen) atoms. The minimum atomic E-state index is -1.03. The molecule has 18 nitrogen and oxygen atoms in total. The average Bonchev–Trinajstić information content (AvgIpc) is 3.62. The molecule has 0 unspecified atom stereocenters. The monoisotopic (exact) mass is 965 g/mol. The first-order valence-electron chi connectivity index (χ1n) is 21.9. The van der Waals surface area contributed by atoms with Gasteiger partial charge in [-0.15, -0.1) is 0 Å². The number of aliphatic hydroxyl groups is 1. The molecule has 0 radical (unpaired) electrons. The number of aliphatic hydroxyl groups excluding tert-OH is 1. The van der Waals surface area contributed by atoms with Crippen molar-refractivity contribution in [3.05, 3.63) is 93.4 Å². The fraction of sp³-hybridized carbons (Fsp3) is 0.489. The van der Waals surface area contributed by atoms with Crippen molar-refractivity contribution in [1.82, 2.24) is 20.9 Å². The molecule has 7 atom stereocenters. The van der Waals surface area contributed by atoms with E-state index in [0.717, 1.165) is 6.08 Å². The molecular weight excluding hydrogens is 907 g/mol. The van der Waals surface area contributed by atoms with Crippen LogP contribution < -0.4 is 21.7 Å². The van der Waals surface area contributed by atoms with Crippen LogP contribution in [0.25, 0.3) is 0 Å². The minimum Gasteiger partial charge on any atom is -0.465 e. The highest BCUT2D eigenvalue weighted by molar-refractivity contribution is 8.76. The molecule has 3 aliphatic heterocycles. The van der Waals surface area contributed by atoms with E-state index in [1.807, 2.05) is 6.92 Å². The van der Waals surface area contributed by atoms with Gasteiger partial charge in [0.15, 0.2) is 6.10 Å². The summed E-state index contributed by atoms with van der Waals surface area (Å²) >= 11 is 0. The summed E-state index contributed by atoms with van der Waals surface area (Å²) in [5, 5.41) is 19.5. The highest BCUT2D eigenvalue weighted by Crippen LogP contribution is 2.32. The largest absolute Gasteiger partial charge is 0.465 e. The number of piperidine rings is 1. The summed E-state index contributed by atoms with van der Waals surface area (Å²) in [7, 11) is 5.81. The number of nitrogens with two attached hydrogens (primary N) is 1. The summed E-state index contributed by atoms with van der Waals surface area (Å²) in [5.74, 6) is -3.16. The molecule has 0 aromatic heterocycles. The van der Waals surface area contributed by atoms with Crippen LogP contribution in [-0.4, -0.2) is 127 Å². The van der Waals surface area contributed by atoms with Crippen LogP contribution in [0.1, 0.15) is 74.9 Å². The van der Waals surface area contributed by atoms with Crippen LogP contribution in [0, 0.1) is 11.8 Å². The van der Waals surface area contributed by atoms with Crippen LogP contribution in [0.15, 0.2) is 76.7 Å². The first kappa shape index (κ1) is 52.4. The van der Waals surface area contributed by atoms with Gasteiger partial charge in [-0.25, -0.2) is 4.79 Å². The Morgan fingerprint density at radius 1 is 1.01 bits per heavy atom. The van der Waals surface area contributed by atoms with E-state index in [4.69, 9.17) is 24.7 Å². The zero-order valence-electron chi connectivity index (χ0n) is 38.4. The molecule has 1 fully saturated rings. The second-order valence-electron chi connectivity index (χ2n) is 16.7. The van der Waals surface area contributed by atoms with Crippen molar-refractivity contribution in [2.45, 2.75) is 96.8 Å². The third-order valence-electron chi connectivity index (χ3n) is 11.8. The number of ketones is 2. The van der Waals surface area contributed by atoms with Crippen LogP contribution in [0.2, 0.25) is 0 Å². The van der Waals surface area contributed by atoms with Gasteiger partial charge in [0, 0.05) is 73.9 Å². The second kappa shape index (κ2) is 24.5. The van der Waals surface area contributed by atoms with Crippen molar-refractivity contribution in [2.75, 3.05) is 38.9 Å². The predicted octanol–water partition coefficient (Wildman–Crippen LogP) is 3.28. The van der Waals surface area contributed by atoms with Crippen LogP contribution in [-0.2, 0) is 60.7 Å². The Hall–Kier alpha value is -5.54. The molecule has 6 N–H and O–H groups in total. The van der Waals surface area contributed by atoms with Crippen molar-refractivity contribution < 1.29 is 62.4 Å². The van der Waals surface area contributed by atoms with E-state index in [1.54, 1.807) is 44.2 Å². The lowest BCUT2D eigenvalue weighted by molar-refractivity contribution is -0.142. The third-order valence-corrected chi connectivity index (χ3v) is 14.2. The normalized spacial score (nSPS) is 27.5. The van der Waals surface area contributed by atoms with Gasteiger partial charge in [0.1, 0.15) is 18.8 Å². The van der Waals surface area contributed by atoms with E-state index in [2.05, 4.69) is 16.0 Å². The highest BCUT2D eigenvalue weighted by atomic mass is 33.1. The molecule has 1 saturated heterocycles. The Morgan fingerprint density at radius 3 is 2.46 bits per heavy atom. The maximum absolute atomic E-state index is 14.1. The molecule has 4 aliphatic rings. The number of carbonyl (C=O) groups excluding carboxylic acids is 8. The molecule has 20 heteroatoms. The number of carbonyl (C=O) groups is 8. The summed E-state index contributed by atoms with van der Waals surface area (Å²) < 4.78 is 22.2. The van der Waals surface area contributed by atoms with Gasteiger partial charge >= 0.3 is 12.1 Å². The number of amides is 5. The van der Waals surface area contributed by atoms with Gasteiger partial charge in [0.05, 0.1) is 30.0 Å². The van der Waals surface area contributed by atoms with Crippen LogP contribution in [0.3, 0.4) is 0 Å². The SMILES string of the molecule is CO[C@H]1/C=C\C=C(/C)C(=O)NC2=CC(=O)C(NCCSSCCOC(=O)Cc3cccc4c3CN([C@@H]3CCC(=O)NC3=O)C4=O)=C(C[C@@H](C)C[C@H](OC)[C@@H](O)[C@@H](C)/C=C(\C)[C@@H]1OC(N)=O)C2=O. The number of imide groups is 1. The molecule has 3 heterocycles.